The fourth-order valence-corrected chi connectivity index (χ4v) is 3.34. The number of rotatable bonds is 8. The molecule has 0 saturated carbocycles. The number of guanidine groups is 1. The molecule has 0 atom stereocenters. The number of aromatic nitrogens is 1. The number of benzene rings is 2. The van der Waals surface area contributed by atoms with Crippen LogP contribution in [-0.2, 0) is 19.5 Å². The van der Waals surface area contributed by atoms with E-state index in [0.717, 1.165) is 41.9 Å². The molecular formula is C23H31FIN5. The smallest absolute Gasteiger partial charge is 0.191 e. The molecule has 3 rings (SSSR count). The van der Waals surface area contributed by atoms with Crippen molar-refractivity contribution >= 4 is 40.8 Å². The molecule has 0 fully saturated rings. The molecular weight excluding hydrogens is 492 g/mol. The topological polar surface area (TPSA) is 55.4 Å². The summed E-state index contributed by atoms with van der Waals surface area (Å²) in [5, 5.41) is 7.63. The van der Waals surface area contributed by atoms with E-state index in [-0.39, 0.29) is 29.8 Å². The summed E-state index contributed by atoms with van der Waals surface area (Å²) in [6.45, 7) is 5.56. The van der Waals surface area contributed by atoms with E-state index in [2.05, 4.69) is 63.7 Å². The van der Waals surface area contributed by atoms with Gasteiger partial charge in [0.2, 0.25) is 0 Å². The quantitative estimate of drug-likeness (QED) is 0.235. The lowest BCUT2D eigenvalue weighted by Crippen LogP contribution is -2.37. The Morgan fingerprint density at radius 3 is 2.70 bits per heavy atom. The van der Waals surface area contributed by atoms with Crippen LogP contribution in [0.15, 0.2) is 53.7 Å². The summed E-state index contributed by atoms with van der Waals surface area (Å²) in [7, 11) is 3.89. The molecule has 0 saturated heterocycles. The van der Waals surface area contributed by atoms with E-state index < -0.39 is 0 Å². The molecule has 0 bridgehead atoms. The summed E-state index contributed by atoms with van der Waals surface area (Å²) in [5.74, 6) is 0.545. The lowest BCUT2D eigenvalue weighted by molar-refractivity contribution is 0.345. The maximum Gasteiger partial charge on any atom is 0.191 e. The van der Waals surface area contributed by atoms with Crippen LogP contribution in [0.25, 0.3) is 10.9 Å². The van der Waals surface area contributed by atoms with Gasteiger partial charge >= 0.3 is 0 Å². The van der Waals surface area contributed by atoms with Crippen LogP contribution < -0.4 is 10.6 Å². The van der Waals surface area contributed by atoms with Crippen molar-refractivity contribution < 1.29 is 4.39 Å². The number of aromatic amines is 1. The molecule has 162 valence electrons. The van der Waals surface area contributed by atoms with Crippen LogP contribution in [0, 0.1) is 5.82 Å². The van der Waals surface area contributed by atoms with E-state index in [0.29, 0.717) is 13.1 Å². The predicted octanol–water partition coefficient (Wildman–Crippen LogP) is 4.28. The first-order valence-electron chi connectivity index (χ1n) is 10.1. The highest BCUT2D eigenvalue weighted by Crippen LogP contribution is 2.19. The Morgan fingerprint density at radius 1 is 1.13 bits per heavy atom. The third-order valence-corrected chi connectivity index (χ3v) is 5.08. The monoisotopic (exact) mass is 523 g/mol. The molecule has 0 aliphatic rings. The van der Waals surface area contributed by atoms with Crippen LogP contribution in [0.5, 0.6) is 0 Å². The Morgan fingerprint density at radius 2 is 1.93 bits per heavy atom. The first-order valence-corrected chi connectivity index (χ1v) is 10.1. The van der Waals surface area contributed by atoms with Crippen molar-refractivity contribution in [1.82, 2.24) is 20.5 Å². The summed E-state index contributed by atoms with van der Waals surface area (Å²) >= 11 is 0. The number of nitrogens with one attached hydrogen (secondary N) is 3. The first kappa shape index (κ1) is 24.1. The minimum absolute atomic E-state index is 0. The normalized spacial score (nSPS) is 11.6. The van der Waals surface area contributed by atoms with E-state index in [1.54, 1.807) is 19.2 Å². The number of hydrogen-bond donors (Lipinski definition) is 3. The average Bonchev–Trinajstić information content (AvgIpc) is 3.12. The highest BCUT2D eigenvalue weighted by molar-refractivity contribution is 14.0. The number of halogens is 2. The number of hydrogen-bond acceptors (Lipinski definition) is 2. The molecule has 0 aliphatic heterocycles. The molecule has 5 nitrogen and oxygen atoms in total. The standard InChI is InChI=1S/C23H30FN5.HI/c1-4-29(3)16-18-7-5-6-17(12-18)14-28-23(25-2)26-11-10-19-15-27-22-9-8-20(24)13-21(19)22;/h5-9,12-13,15,27H,4,10-11,14,16H2,1-3H3,(H2,25,26,28);1H. The molecule has 1 aromatic heterocycles. The van der Waals surface area contributed by atoms with E-state index in [4.69, 9.17) is 0 Å². The maximum absolute atomic E-state index is 13.5. The van der Waals surface area contributed by atoms with Gasteiger partial charge in [-0.25, -0.2) is 4.39 Å². The fourth-order valence-electron chi connectivity index (χ4n) is 3.34. The van der Waals surface area contributed by atoms with Crippen molar-refractivity contribution in [3.05, 3.63) is 71.2 Å². The lowest BCUT2D eigenvalue weighted by atomic mass is 10.1. The van der Waals surface area contributed by atoms with Gasteiger partial charge in [-0.2, -0.15) is 0 Å². The Kier molecular flexibility index (Phi) is 9.58. The SMILES string of the molecule is CCN(C)Cc1cccc(CNC(=NC)NCCc2c[nH]c3ccc(F)cc23)c1.I. The van der Waals surface area contributed by atoms with Crippen LogP contribution in [0.4, 0.5) is 4.39 Å². The zero-order valence-corrected chi connectivity index (χ0v) is 20.2. The van der Waals surface area contributed by atoms with E-state index in [1.807, 2.05) is 6.20 Å². The summed E-state index contributed by atoms with van der Waals surface area (Å²) in [6.07, 6.45) is 2.73. The van der Waals surface area contributed by atoms with Gasteiger partial charge in [-0.1, -0.05) is 31.2 Å². The number of nitrogens with zero attached hydrogens (tertiary/aromatic N) is 2. The molecule has 2 aromatic carbocycles. The molecule has 3 aromatic rings. The van der Waals surface area contributed by atoms with Gasteiger partial charge in [-0.05, 0) is 54.9 Å². The van der Waals surface area contributed by atoms with Crippen molar-refractivity contribution in [1.29, 1.82) is 0 Å². The summed E-state index contributed by atoms with van der Waals surface area (Å²) < 4.78 is 13.5. The van der Waals surface area contributed by atoms with Gasteiger partial charge in [0.25, 0.3) is 0 Å². The number of aliphatic imine (C=N–C) groups is 1. The number of H-pyrrole nitrogens is 1. The molecule has 0 radical (unpaired) electrons. The Bertz CT molecular complexity index is 969. The van der Waals surface area contributed by atoms with Crippen LogP contribution >= 0.6 is 24.0 Å². The van der Waals surface area contributed by atoms with Crippen molar-refractivity contribution in [2.24, 2.45) is 4.99 Å². The van der Waals surface area contributed by atoms with Gasteiger partial charge in [0.1, 0.15) is 5.82 Å². The molecule has 3 N–H and O–H groups in total. The molecule has 0 spiro atoms. The third kappa shape index (κ3) is 6.70. The van der Waals surface area contributed by atoms with E-state index >= 15 is 0 Å². The van der Waals surface area contributed by atoms with Gasteiger partial charge in [0.05, 0.1) is 0 Å². The number of fused-ring (bicyclic) bond motifs is 1. The molecule has 0 unspecified atom stereocenters. The van der Waals surface area contributed by atoms with Crippen LogP contribution in [0.2, 0.25) is 0 Å². The predicted molar refractivity (Wildman–Crippen MR) is 134 cm³/mol. The Labute approximate surface area is 195 Å². The molecule has 7 heteroatoms. The molecule has 0 amide bonds. The van der Waals surface area contributed by atoms with Crippen LogP contribution in [0.1, 0.15) is 23.6 Å². The molecule has 0 aliphatic carbocycles. The fraction of sp³-hybridized carbons (Fsp3) is 0.348. The minimum atomic E-state index is -0.212. The first-order chi connectivity index (χ1) is 14.1. The summed E-state index contributed by atoms with van der Waals surface area (Å²) in [4.78, 5) is 9.78. The van der Waals surface area contributed by atoms with E-state index in [9.17, 15) is 4.39 Å². The van der Waals surface area contributed by atoms with Gasteiger partial charge < -0.3 is 20.5 Å². The van der Waals surface area contributed by atoms with Crippen LogP contribution in [-0.4, -0.2) is 43.0 Å². The second-order valence-corrected chi connectivity index (χ2v) is 7.26. The van der Waals surface area contributed by atoms with Crippen LogP contribution in [0.3, 0.4) is 0 Å². The average molecular weight is 523 g/mol. The van der Waals surface area contributed by atoms with E-state index in [1.165, 1.54) is 17.2 Å². The summed E-state index contributed by atoms with van der Waals surface area (Å²) in [5.41, 5.74) is 4.58. The highest BCUT2D eigenvalue weighted by Gasteiger charge is 2.06. The Balaban J connectivity index is 0.00000320. The third-order valence-electron chi connectivity index (χ3n) is 5.08. The molecule has 30 heavy (non-hydrogen) atoms. The zero-order valence-electron chi connectivity index (χ0n) is 17.8. The minimum Gasteiger partial charge on any atom is -0.361 e. The summed E-state index contributed by atoms with van der Waals surface area (Å²) in [6, 6.07) is 13.4. The van der Waals surface area contributed by atoms with Gasteiger partial charge in [-0.15, -0.1) is 24.0 Å². The molecule has 1 heterocycles. The second-order valence-electron chi connectivity index (χ2n) is 7.26. The van der Waals surface area contributed by atoms with Gasteiger partial charge in [-0.3, -0.25) is 4.99 Å². The van der Waals surface area contributed by atoms with Crippen molar-refractivity contribution in [3.63, 3.8) is 0 Å². The van der Waals surface area contributed by atoms with Crippen molar-refractivity contribution in [2.75, 3.05) is 27.2 Å². The van der Waals surface area contributed by atoms with Crippen molar-refractivity contribution in [3.8, 4) is 0 Å². The maximum atomic E-state index is 13.5. The highest BCUT2D eigenvalue weighted by atomic mass is 127. The lowest BCUT2D eigenvalue weighted by Gasteiger charge is -2.15. The largest absolute Gasteiger partial charge is 0.361 e. The second kappa shape index (κ2) is 11.9. The Hall–Kier alpha value is -2.13. The zero-order chi connectivity index (χ0) is 20.6. The van der Waals surface area contributed by atoms with Crippen molar-refractivity contribution in [2.45, 2.75) is 26.4 Å². The van der Waals surface area contributed by atoms with Gasteiger partial charge in [0, 0.05) is 43.8 Å². The van der Waals surface area contributed by atoms with Gasteiger partial charge in [0.15, 0.2) is 5.96 Å².